The van der Waals surface area contributed by atoms with Gasteiger partial charge in [0, 0.05) is 12.4 Å². The van der Waals surface area contributed by atoms with Crippen molar-refractivity contribution in [3.8, 4) is 11.4 Å². The highest BCUT2D eigenvalue weighted by molar-refractivity contribution is 7.84. The number of nitrogens with zero attached hydrogens (tertiary/aromatic N) is 2. The maximum Gasteiger partial charge on any atom is 0.380 e. The van der Waals surface area contributed by atoms with Crippen LogP contribution in [0.1, 0.15) is 0 Å². The van der Waals surface area contributed by atoms with Gasteiger partial charge in [-0.1, -0.05) is 0 Å². The van der Waals surface area contributed by atoms with Gasteiger partial charge in [-0.3, -0.25) is 0 Å². The Morgan fingerprint density at radius 2 is 1.94 bits per heavy atom. The molecule has 0 saturated heterocycles. The summed E-state index contributed by atoms with van der Waals surface area (Å²) in [5.74, 6) is 0.165. The zero-order chi connectivity index (χ0) is 11.6. The van der Waals surface area contributed by atoms with Crippen molar-refractivity contribution < 1.29 is 12.6 Å². The smallest absolute Gasteiger partial charge is 0.371 e. The summed E-state index contributed by atoms with van der Waals surface area (Å²) in [6.45, 7) is 0. The third kappa shape index (κ3) is 2.59. The van der Waals surface area contributed by atoms with E-state index in [1.54, 1.807) is 35.3 Å². The van der Waals surface area contributed by atoms with Crippen LogP contribution >= 0.6 is 0 Å². The van der Waals surface area contributed by atoms with Crippen molar-refractivity contribution in [1.29, 1.82) is 0 Å². The van der Waals surface area contributed by atoms with E-state index in [2.05, 4.69) is 9.28 Å². The molecule has 0 aliphatic heterocycles. The molecule has 2 N–H and O–H groups in total. The van der Waals surface area contributed by atoms with Crippen molar-refractivity contribution in [3.63, 3.8) is 0 Å². The highest BCUT2D eigenvalue weighted by Gasteiger charge is 2.04. The van der Waals surface area contributed by atoms with Gasteiger partial charge in [-0.2, -0.15) is 18.7 Å². The molecule has 0 unspecified atom stereocenters. The molecular weight excluding hydrogens is 230 g/mol. The van der Waals surface area contributed by atoms with Crippen LogP contribution in [0.5, 0.6) is 5.75 Å². The zero-order valence-corrected chi connectivity index (χ0v) is 8.96. The number of rotatable bonds is 3. The molecule has 1 aromatic heterocycles. The molecule has 2 rings (SSSR count). The van der Waals surface area contributed by atoms with Gasteiger partial charge in [0.2, 0.25) is 0 Å². The van der Waals surface area contributed by atoms with Crippen LogP contribution in [0, 0.1) is 0 Å². The first-order valence-corrected chi connectivity index (χ1v) is 5.84. The van der Waals surface area contributed by atoms with Crippen molar-refractivity contribution in [3.05, 3.63) is 42.7 Å². The molecule has 0 aliphatic rings. The van der Waals surface area contributed by atoms with Crippen molar-refractivity contribution in [2.45, 2.75) is 0 Å². The molecule has 0 radical (unpaired) electrons. The average Bonchev–Trinajstić information content (AvgIpc) is 2.69. The second kappa shape index (κ2) is 3.95. The van der Waals surface area contributed by atoms with Gasteiger partial charge < -0.3 is 4.18 Å². The molecule has 0 saturated carbocycles. The van der Waals surface area contributed by atoms with Crippen LogP contribution in [0.3, 0.4) is 0 Å². The summed E-state index contributed by atoms with van der Waals surface area (Å²) in [6.07, 6.45) is 3.42. The number of aromatic nitrogens is 2. The molecule has 2 aromatic rings. The fraction of sp³-hybridized carbons (Fsp3) is 0. The van der Waals surface area contributed by atoms with Crippen LogP contribution in [0.2, 0.25) is 0 Å². The van der Waals surface area contributed by atoms with Gasteiger partial charge in [0.15, 0.2) is 0 Å². The fourth-order valence-electron chi connectivity index (χ4n) is 1.21. The summed E-state index contributed by atoms with van der Waals surface area (Å²) in [5, 5.41) is 8.76. The van der Waals surface area contributed by atoms with Gasteiger partial charge in [0.25, 0.3) is 0 Å². The largest absolute Gasteiger partial charge is 0.380 e. The molecule has 0 atom stereocenters. The standard InChI is InChI=1S/C9H9N3O3S/c10-16(13,14)15-9-4-2-8(3-5-9)12-7-1-6-11-12/h1-7H,(H2,10,13,14). The van der Waals surface area contributed by atoms with Gasteiger partial charge >= 0.3 is 10.3 Å². The lowest BCUT2D eigenvalue weighted by Gasteiger charge is -2.04. The van der Waals surface area contributed by atoms with Crippen LogP contribution in [-0.2, 0) is 10.3 Å². The topological polar surface area (TPSA) is 87.2 Å². The molecule has 84 valence electrons. The molecule has 6 nitrogen and oxygen atoms in total. The van der Waals surface area contributed by atoms with E-state index in [1.165, 1.54) is 12.1 Å². The molecule has 0 bridgehead atoms. The van der Waals surface area contributed by atoms with E-state index in [1.807, 2.05) is 0 Å². The SMILES string of the molecule is NS(=O)(=O)Oc1ccc(-n2cccn2)cc1. The van der Waals surface area contributed by atoms with E-state index in [4.69, 9.17) is 5.14 Å². The third-order valence-electron chi connectivity index (χ3n) is 1.82. The molecule has 0 amide bonds. The minimum Gasteiger partial charge on any atom is -0.371 e. The summed E-state index contributed by atoms with van der Waals surface area (Å²) in [7, 11) is -3.97. The molecule has 16 heavy (non-hydrogen) atoms. The molecule has 1 aromatic carbocycles. The van der Waals surface area contributed by atoms with Gasteiger partial charge in [0.1, 0.15) is 5.75 Å². The lowest BCUT2D eigenvalue weighted by molar-refractivity contribution is 0.487. The predicted octanol–water partition coefficient (Wildman–Crippen LogP) is 0.455. The number of hydrogen-bond donors (Lipinski definition) is 1. The Bertz CT molecular complexity index is 561. The average molecular weight is 239 g/mol. The Hall–Kier alpha value is -1.86. The number of hydrogen-bond acceptors (Lipinski definition) is 4. The van der Waals surface area contributed by atoms with E-state index < -0.39 is 10.3 Å². The summed E-state index contributed by atoms with van der Waals surface area (Å²) in [4.78, 5) is 0. The lowest BCUT2D eigenvalue weighted by atomic mass is 10.3. The first kappa shape index (κ1) is 10.7. The van der Waals surface area contributed by atoms with Crippen LogP contribution in [0.4, 0.5) is 0 Å². The highest BCUT2D eigenvalue weighted by Crippen LogP contribution is 2.15. The lowest BCUT2D eigenvalue weighted by Crippen LogP contribution is -2.18. The van der Waals surface area contributed by atoms with Crippen LogP contribution in [0.15, 0.2) is 42.7 Å². The second-order valence-electron chi connectivity index (χ2n) is 3.02. The number of benzene rings is 1. The van der Waals surface area contributed by atoms with E-state index in [-0.39, 0.29) is 5.75 Å². The molecular formula is C9H9N3O3S. The molecule has 0 aliphatic carbocycles. The highest BCUT2D eigenvalue weighted by atomic mass is 32.2. The van der Waals surface area contributed by atoms with Crippen molar-refractivity contribution in [1.82, 2.24) is 9.78 Å². The van der Waals surface area contributed by atoms with Gasteiger partial charge in [-0.25, -0.2) is 4.68 Å². The fourth-order valence-corrected chi connectivity index (χ4v) is 1.59. The van der Waals surface area contributed by atoms with Crippen molar-refractivity contribution >= 4 is 10.3 Å². The van der Waals surface area contributed by atoms with E-state index in [0.717, 1.165) is 5.69 Å². The van der Waals surface area contributed by atoms with Crippen molar-refractivity contribution in [2.24, 2.45) is 5.14 Å². The maximum absolute atomic E-state index is 10.7. The second-order valence-corrected chi connectivity index (χ2v) is 4.17. The van der Waals surface area contributed by atoms with E-state index >= 15 is 0 Å². The monoisotopic (exact) mass is 239 g/mol. The Morgan fingerprint density at radius 3 is 2.44 bits per heavy atom. The van der Waals surface area contributed by atoms with Crippen molar-refractivity contribution in [2.75, 3.05) is 0 Å². The minimum absolute atomic E-state index is 0.165. The molecule has 1 heterocycles. The Kier molecular flexibility index (Phi) is 2.63. The summed E-state index contributed by atoms with van der Waals surface area (Å²) in [6, 6.07) is 8.14. The zero-order valence-electron chi connectivity index (χ0n) is 8.15. The van der Waals surface area contributed by atoms with Gasteiger partial charge in [-0.05, 0) is 30.3 Å². The van der Waals surface area contributed by atoms with Crippen LogP contribution in [0.25, 0.3) is 5.69 Å². The van der Waals surface area contributed by atoms with Crippen LogP contribution < -0.4 is 9.32 Å². The first-order chi connectivity index (χ1) is 7.54. The van der Waals surface area contributed by atoms with Crippen LogP contribution in [-0.4, -0.2) is 18.2 Å². The van der Waals surface area contributed by atoms with E-state index in [0.29, 0.717) is 0 Å². The third-order valence-corrected chi connectivity index (χ3v) is 2.24. The minimum atomic E-state index is -3.97. The quantitative estimate of drug-likeness (QED) is 0.842. The molecule has 0 spiro atoms. The first-order valence-electron chi connectivity index (χ1n) is 4.37. The Morgan fingerprint density at radius 1 is 1.25 bits per heavy atom. The van der Waals surface area contributed by atoms with E-state index in [9.17, 15) is 8.42 Å². The van der Waals surface area contributed by atoms with Gasteiger partial charge in [0.05, 0.1) is 5.69 Å². The Labute approximate surface area is 92.5 Å². The molecule has 7 heteroatoms. The molecule has 0 fully saturated rings. The summed E-state index contributed by atoms with van der Waals surface area (Å²) >= 11 is 0. The summed E-state index contributed by atoms with van der Waals surface area (Å²) in [5.41, 5.74) is 0.798. The predicted molar refractivity (Wildman–Crippen MR) is 57.3 cm³/mol. The number of nitrogens with two attached hydrogens (primary N) is 1. The summed E-state index contributed by atoms with van der Waals surface area (Å²) < 4.78 is 27.4. The Balaban J connectivity index is 2.24. The maximum atomic E-state index is 10.7. The normalized spacial score (nSPS) is 11.3. The van der Waals surface area contributed by atoms with Gasteiger partial charge in [-0.15, -0.1) is 0 Å².